The van der Waals surface area contributed by atoms with Gasteiger partial charge in [0.2, 0.25) is 11.8 Å². The van der Waals surface area contributed by atoms with E-state index in [-0.39, 0.29) is 46.8 Å². The fraction of sp³-hybridized carbons (Fsp3) is 0.524. The lowest BCUT2D eigenvalue weighted by Gasteiger charge is -2.17. The van der Waals surface area contributed by atoms with E-state index < -0.39 is 37.4 Å². The zero-order valence-corrected chi connectivity index (χ0v) is 19.6. The molecule has 3 aromatic rings. The van der Waals surface area contributed by atoms with Gasteiger partial charge in [-0.2, -0.15) is 10.1 Å². The van der Waals surface area contributed by atoms with Crippen LogP contribution in [0.2, 0.25) is 0 Å². The Hall–Kier alpha value is -3.66. The van der Waals surface area contributed by atoms with Crippen molar-refractivity contribution < 1.29 is 41.3 Å². The third kappa shape index (κ3) is 5.69. The molecule has 2 fully saturated rings. The van der Waals surface area contributed by atoms with Gasteiger partial charge in [-0.25, -0.2) is 14.2 Å². The number of hydrogen-bond donors (Lipinski definition) is 3. The van der Waals surface area contributed by atoms with Gasteiger partial charge in [0.25, 0.3) is 0 Å². The van der Waals surface area contributed by atoms with Crippen molar-refractivity contribution in [1.82, 2.24) is 29.9 Å². The first-order valence-electron chi connectivity index (χ1n) is 11.2. The van der Waals surface area contributed by atoms with Crippen LogP contribution in [-0.2, 0) is 20.8 Å². The van der Waals surface area contributed by atoms with Crippen molar-refractivity contribution in [1.29, 1.82) is 0 Å². The van der Waals surface area contributed by atoms with Gasteiger partial charge in [0.05, 0.1) is 31.7 Å². The van der Waals surface area contributed by atoms with Gasteiger partial charge in [-0.15, -0.1) is 13.2 Å². The van der Waals surface area contributed by atoms with Crippen molar-refractivity contribution >= 4 is 23.5 Å². The topological polar surface area (TPSA) is 137 Å². The van der Waals surface area contributed by atoms with Crippen LogP contribution < -0.4 is 15.4 Å². The normalized spacial score (nSPS) is 22.7. The van der Waals surface area contributed by atoms with Crippen molar-refractivity contribution in [3.05, 3.63) is 29.7 Å². The molecule has 1 aliphatic heterocycles. The monoisotopic (exact) mass is 529 g/mol. The van der Waals surface area contributed by atoms with Gasteiger partial charge in [0.1, 0.15) is 11.8 Å². The molecule has 3 aromatic heterocycles. The summed E-state index contributed by atoms with van der Waals surface area (Å²) in [6.45, 7) is 0.949. The van der Waals surface area contributed by atoms with Crippen molar-refractivity contribution in [3.8, 4) is 5.88 Å². The molecule has 1 amide bonds. The largest absolute Gasteiger partial charge is 0.522 e. The predicted octanol–water partition coefficient (Wildman–Crippen LogP) is 3.30. The molecule has 16 heteroatoms. The van der Waals surface area contributed by atoms with E-state index in [4.69, 9.17) is 14.2 Å². The van der Waals surface area contributed by atoms with Crippen LogP contribution in [0.5, 0.6) is 5.88 Å². The summed E-state index contributed by atoms with van der Waals surface area (Å²) in [5, 5.41) is 12.4. The fourth-order valence-electron chi connectivity index (χ4n) is 3.76. The van der Waals surface area contributed by atoms with Crippen molar-refractivity contribution in [2.45, 2.75) is 56.7 Å². The summed E-state index contributed by atoms with van der Waals surface area (Å²) in [6, 6.07) is 2.90. The number of hydrogen-bond acceptors (Lipinski definition) is 9. The highest BCUT2D eigenvalue weighted by atomic mass is 19.4. The molecule has 4 heterocycles. The first kappa shape index (κ1) is 25.0. The van der Waals surface area contributed by atoms with Crippen molar-refractivity contribution in [3.63, 3.8) is 0 Å². The van der Waals surface area contributed by atoms with Crippen LogP contribution in [-0.4, -0.2) is 68.6 Å². The van der Waals surface area contributed by atoms with E-state index >= 15 is 4.39 Å². The average Bonchev–Trinajstić information content (AvgIpc) is 3.19. The second-order valence-corrected chi connectivity index (χ2v) is 8.98. The summed E-state index contributed by atoms with van der Waals surface area (Å²) in [5.74, 6) is 0.466. The minimum absolute atomic E-state index is 0.00327. The lowest BCUT2D eigenvalue weighted by atomic mass is 10.1. The summed E-state index contributed by atoms with van der Waals surface area (Å²) in [4.78, 5) is 20.4. The maximum Gasteiger partial charge on any atom is 0.522 e. The number of alkyl halides is 4. The number of nitrogens with zero attached hydrogens (tertiary/aromatic N) is 4. The third-order valence-electron chi connectivity index (χ3n) is 5.96. The lowest BCUT2D eigenvalue weighted by molar-refractivity contribution is -0.330. The van der Waals surface area contributed by atoms with E-state index in [2.05, 4.69) is 35.5 Å². The van der Waals surface area contributed by atoms with E-state index in [1.807, 2.05) is 6.92 Å². The molecule has 1 aliphatic carbocycles. The molecule has 3 atom stereocenters. The number of fused-ring (bicyclic) bond motifs is 1. The van der Waals surface area contributed by atoms with Gasteiger partial charge in [0, 0.05) is 23.9 Å². The van der Waals surface area contributed by atoms with E-state index in [1.54, 1.807) is 0 Å². The number of carbonyl (C=O) groups is 1. The van der Waals surface area contributed by atoms with Crippen LogP contribution in [0.1, 0.15) is 37.3 Å². The number of carbonyl (C=O) groups excluding carboxylic acids is 1. The van der Waals surface area contributed by atoms with Gasteiger partial charge in [-0.05, 0) is 19.8 Å². The number of nitrogens with one attached hydrogen (secondary N) is 3. The van der Waals surface area contributed by atoms with Crippen LogP contribution in [0.3, 0.4) is 0 Å². The van der Waals surface area contributed by atoms with Gasteiger partial charge in [-0.1, -0.05) is 0 Å². The van der Waals surface area contributed by atoms with Crippen LogP contribution in [0.4, 0.5) is 34.1 Å². The number of anilines is 2. The molecule has 1 saturated heterocycles. The Labute approximate surface area is 206 Å². The number of H-pyrrole nitrogens is 1. The highest BCUT2D eigenvalue weighted by molar-refractivity contribution is 5.69. The molecule has 37 heavy (non-hydrogen) atoms. The summed E-state index contributed by atoms with van der Waals surface area (Å²) in [5.41, 5.74) is 0.225. The van der Waals surface area contributed by atoms with E-state index in [9.17, 15) is 18.0 Å². The van der Waals surface area contributed by atoms with Gasteiger partial charge >= 0.3 is 12.5 Å². The molecular weight excluding hydrogens is 506 g/mol. The van der Waals surface area contributed by atoms with E-state index in [0.717, 1.165) is 12.8 Å². The summed E-state index contributed by atoms with van der Waals surface area (Å²) in [6.07, 6.45) is -6.30. The summed E-state index contributed by atoms with van der Waals surface area (Å²) < 4.78 is 73.3. The first-order valence-corrected chi connectivity index (χ1v) is 11.2. The summed E-state index contributed by atoms with van der Waals surface area (Å²) in [7, 11) is 1.37. The van der Waals surface area contributed by atoms with Crippen LogP contribution >= 0.6 is 0 Å². The molecule has 0 bridgehead atoms. The smallest absolute Gasteiger partial charge is 0.481 e. The zero-order chi connectivity index (χ0) is 26.4. The fourth-order valence-corrected chi connectivity index (χ4v) is 3.76. The molecule has 3 N–H and O–H groups in total. The SMILES string of the molecule is COc1cc2nc(COC(F)(F)F)cn2c(Nc2cc([C@@H]3OC[C@H](OC(=O)NC4(C)CC4)[C@H]3F)[nH]n2)n1. The molecule has 2 aliphatic rings. The Morgan fingerprint density at radius 1 is 1.32 bits per heavy atom. The first-order chi connectivity index (χ1) is 17.5. The molecular formula is C21H23F4N7O5. The summed E-state index contributed by atoms with van der Waals surface area (Å²) >= 11 is 0. The van der Waals surface area contributed by atoms with Crippen LogP contribution in [0.15, 0.2) is 18.3 Å². The number of rotatable bonds is 8. The zero-order valence-electron chi connectivity index (χ0n) is 19.6. The second-order valence-electron chi connectivity index (χ2n) is 8.98. The van der Waals surface area contributed by atoms with Gasteiger partial charge in [-0.3, -0.25) is 14.2 Å². The molecule has 5 rings (SSSR count). The number of alkyl carbamates (subject to hydrolysis) is 1. The Bertz CT molecular complexity index is 1290. The standard InChI is InChI=1S/C21H23F4N7O5/c1-20(3-4-20)29-19(33)37-12-9-35-17(16(12)22)11-5-13(31-30-11)27-18-28-15(34-2)6-14-26-10(7-32(14)18)8-36-21(23,24)25/h5-7,12,16-17H,3-4,8-9H2,1-2H3,(H,29,33)(H2,27,28,30,31)/t12-,16+,17-/m0/s1. The van der Waals surface area contributed by atoms with E-state index in [1.165, 1.54) is 29.8 Å². The number of methoxy groups -OCH3 is 1. The maximum atomic E-state index is 15.0. The van der Waals surface area contributed by atoms with Gasteiger partial charge < -0.3 is 24.8 Å². The molecule has 200 valence electrons. The van der Waals surface area contributed by atoms with Crippen LogP contribution in [0, 0.1) is 0 Å². The average molecular weight is 529 g/mol. The molecule has 0 spiro atoms. The third-order valence-corrected chi connectivity index (χ3v) is 5.96. The Kier molecular flexibility index (Phi) is 6.31. The number of ether oxygens (including phenoxy) is 4. The number of amides is 1. The highest BCUT2D eigenvalue weighted by Crippen LogP contribution is 2.36. The second kappa shape index (κ2) is 9.33. The maximum absolute atomic E-state index is 15.0. The number of aromatic nitrogens is 5. The van der Waals surface area contributed by atoms with Crippen molar-refractivity contribution in [2.75, 3.05) is 19.0 Å². The lowest BCUT2D eigenvalue weighted by Crippen LogP contribution is -2.39. The minimum atomic E-state index is -4.81. The molecule has 0 aromatic carbocycles. The molecule has 1 saturated carbocycles. The Morgan fingerprint density at radius 2 is 2.11 bits per heavy atom. The predicted molar refractivity (Wildman–Crippen MR) is 117 cm³/mol. The molecule has 0 unspecified atom stereocenters. The molecule has 12 nitrogen and oxygen atoms in total. The number of imidazole rings is 1. The number of aromatic amines is 1. The van der Waals surface area contributed by atoms with Crippen molar-refractivity contribution in [2.24, 2.45) is 0 Å². The number of halogens is 4. The van der Waals surface area contributed by atoms with Crippen LogP contribution in [0.25, 0.3) is 5.65 Å². The molecule has 0 radical (unpaired) electrons. The van der Waals surface area contributed by atoms with E-state index in [0.29, 0.717) is 0 Å². The Balaban J connectivity index is 1.28. The minimum Gasteiger partial charge on any atom is -0.481 e. The van der Waals surface area contributed by atoms with Gasteiger partial charge in [0.15, 0.2) is 18.1 Å². The Morgan fingerprint density at radius 3 is 2.81 bits per heavy atom. The highest BCUT2D eigenvalue weighted by Gasteiger charge is 2.44. The quantitative estimate of drug-likeness (QED) is 0.376.